The fourth-order valence-corrected chi connectivity index (χ4v) is 3.94. The molecule has 2 aromatic heterocycles. The number of nitrogens with zero attached hydrogens (tertiary/aromatic N) is 2. The maximum atomic E-state index is 13.2. The predicted octanol–water partition coefficient (Wildman–Crippen LogP) is 3.07. The average Bonchev–Trinajstić information content (AvgIpc) is 3.39. The molecule has 4 rings (SSSR count). The van der Waals surface area contributed by atoms with Crippen molar-refractivity contribution in [3.8, 4) is 11.5 Å². The molecule has 3 heterocycles. The van der Waals surface area contributed by atoms with Crippen molar-refractivity contribution in [3.05, 3.63) is 52.5 Å². The lowest BCUT2D eigenvalue weighted by molar-refractivity contribution is -0.286. The Morgan fingerprint density at radius 3 is 2.83 bits per heavy atom. The summed E-state index contributed by atoms with van der Waals surface area (Å²) in [6, 6.07) is 7.81. The van der Waals surface area contributed by atoms with E-state index in [1.807, 2.05) is 12.1 Å². The number of anilines is 3. The number of carbonyl (C=O) groups excluding carboxylic acids is 1. The second-order valence-electron chi connectivity index (χ2n) is 7.34. The van der Waals surface area contributed by atoms with Crippen molar-refractivity contribution in [1.29, 1.82) is 0 Å². The summed E-state index contributed by atoms with van der Waals surface area (Å²) in [5.74, 6) is 0.709. The molecule has 0 atom stereocenters. The lowest BCUT2D eigenvalue weighted by Gasteiger charge is -2.10. The number of halogens is 2. The van der Waals surface area contributed by atoms with Crippen LogP contribution < -0.4 is 25.4 Å². The van der Waals surface area contributed by atoms with Gasteiger partial charge in [-0.05, 0) is 29.8 Å². The second kappa shape index (κ2) is 11.3. The molecular weight excluding hydrogens is 484 g/mol. The smallest absolute Gasteiger partial charge is 0.395 e. The Morgan fingerprint density at radius 1 is 1.11 bits per heavy atom. The molecule has 13 heteroatoms. The van der Waals surface area contributed by atoms with E-state index in [9.17, 15) is 13.6 Å². The topological polar surface area (TPSA) is 127 Å². The number of fused-ring (bicyclic) bond motifs is 1. The van der Waals surface area contributed by atoms with Crippen LogP contribution in [0.3, 0.4) is 0 Å². The van der Waals surface area contributed by atoms with Crippen LogP contribution in [0.5, 0.6) is 11.5 Å². The number of hydrogen-bond acceptors (Lipinski definition) is 10. The van der Waals surface area contributed by atoms with Gasteiger partial charge >= 0.3 is 6.29 Å². The van der Waals surface area contributed by atoms with Crippen LogP contribution in [-0.2, 0) is 22.5 Å². The third kappa shape index (κ3) is 6.97. The number of aromatic nitrogens is 2. The molecule has 0 aliphatic carbocycles. The first kappa shape index (κ1) is 24.6. The molecular formula is C22H23F2N5O5S. The molecule has 4 N–H and O–H groups in total. The molecule has 3 aromatic rings. The number of benzene rings is 1. The molecule has 0 saturated carbocycles. The summed E-state index contributed by atoms with van der Waals surface area (Å²) in [5.41, 5.74) is 2.91. The largest absolute Gasteiger partial charge is 0.586 e. The molecule has 0 bridgehead atoms. The van der Waals surface area contributed by atoms with Gasteiger partial charge in [-0.25, -0.2) is 9.97 Å². The number of amides is 1. The summed E-state index contributed by atoms with van der Waals surface area (Å²) < 4.78 is 40.3. The van der Waals surface area contributed by atoms with Gasteiger partial charge in [0, 0.05) is 31.0 Å². The van der Waals surface area contributed by atoms with E-state index in [1.165, 1.54) is 29.5 Å². The van der Waals surface area contributed by atoms with Gasteiger partial charge in [0.25, 0.3) is 0 Å². The van der Waals surface area contributed by atoms with E-state index in [-0.39, 0.29) is 30.4 Å². The van der Waals surface area contributed by atoms with Crippen molar-refractivity contribution < 1.29 is 32.9 Å². The third-order valence-corrected chi connectivity index (χ3v) is 5.55. The van der Waals surface area contributed by atoms with Crippen molar-refractivity contribution >= 4 is 34.6 Å². The third-order valence-electron chi connectivity index (χ3n) is 4.72. The van der Waals surface area contributed by atoms with Crippen LogP contribution in [0.1, 0.15) is 10.4 Å². The number of rotatable bonds is 12. The zero-order valence-corrected chi connectivity index (χ0v) is 19.2. The highest BCUT2D eigenvalue weighted by Gasteiger charge is 2.43. The molecule has 1 aliphatic rings. The summed E-state index contributed by atoms with van der Waals surface area (Å²) in [6.07, 6.45) is -1.98. The van der Waals surface area contributed by atoms with Gasteiger partial charge < -0.3 is 35.3 Å². The van der Waals surface area contributed by atoms with Gasteiger partial charge in [-0.1, -0.05) is 0 Å². The Balaban J connectivity index is 1.28. The highest BCUT2D eigenvalue weighted by atomic mass is 32.1. The van der Waals surface area contributed by atoms with Gasteiger partial charge in [-0.3, -0.25) is 4.79 Å². The van der Waals surface area contributed by atoms with Crippen molar-refractivity contribution in [2.24, 2.45) is 0 Å². The normalized spacial score (nSPS) is 13.5. The molecule has 0 fully saturated rings. The minimum atomic E-state index is -3.71. The Labute approximate surface area is 203 Å². The Hall–Kier alpha value is -3.55. The number of pyridine rings is 1. The summed E-state index contributed by atoms with van der Waals surface area (Å²) in [5, 5.41) is 17.8. The van der Waals surface area contributed by atoms with Crippen LogP contribution >= 0.6 is 11.3 Å². The molecule has 0 spiro atoms. The fraction of sp³-hybridized carbons (Fsp3) is 0.318. The second-order valence-corrected chi connectivity index (χ2v) is 8.28. The first-order valence-electron chi connectivity index (χ1n) is 10.7. The van der Waals surface area contributed by atoms with Gasteiger partial charge in [0.05, 0.1) is 36.6 Å². The van der Waals surface area contributed by atoms with Gasteiger partial charge in [0.1, 0.15) is 11.6 Å². The maximum Gasteiger partial charge on any atom is 0.586 e. The number of hydrogen-bond donors (Lipinski definition) is 4. The summed E-state index contributed by atoms with van der Waals surface area (Å²) in [6.45, 7) is 1.75. The van der Waals surface area contributed by atoms with E-state index in [2.05, 4.69) is 35.4 Å². The van der Waals surface area contributed by atoms with Gasteiger partial charge in [0.15, 0.2) is 11.5 Å². The number of alkyl halides is 2. The summed E-state index contributed by atoms with van der Waals surface area (Å²) >= 11 is 1.33. The molecule has 0 radical (unpaired) electrons. The first-order valence-corrected chi connectivity index (χ1v) is 11.5. The van der Waals surface area contributed by atoms with Gasteiger partial charge in [0.2, 0.25) is 5.91 Å². The van der Waals surface area contributed by atoms with Crippen LogP contribution in [0.25, 0.3) is 0 Å². The molecule has 10 nitrogen and oxygen atoms in total. The summed E-state index contributed by atoms with van der Waals surface area (Å²) in [4.78, 5) is 21.8. The SMILES string of the molecule is O=C(Cc1scnc1NCc1ccnc(NCCOCCO)c1)Nc1ccc2c(c1)OC(F)(F)O2. The number of ether oxygens (including phenoxy) is 3. The van der Waals surface area contributed by atoms with Crippen LogP contribution in [0.4, 0.5) is 26.1 Å². The zero-order chi connectivity index (χ0) is 24.7. The highest BCUT2D eigenvalue weighted by Crippen LogP contribution is 2.42. The Bertz CT molecular complexity index is 1160. The lowest BCUT2D eigenvalue weighted by Crippen LogP contribution is -2.25. The first-order chi connectivity index (χ1) is 16.9. The van der Waals surface area contributed by atoms with Crippen molar-refractivity contribution in [1.82, 2.24) is 9.97 Å². The lowest BCUT2D eigenvalue weighted by atomic mass is 10.2. The van der Waals surface area contributed by atoms with E-state index in [0.717, 1.165) is 10.4 Å². The monoisotopic (exact) mass is 507 g/mol. The quantitative estimate of drug-likeness (QED) is 0.274. The van der Waals surface area contributed by atoms with E-state index >= 15 is 0 Å². The molecule has 35 heavy (non-hydrogen) atoms. The van der Waals surface area contributed by atoms with Crippen LogP contribution in [-0.4, -0.2) is 53.6 Å². The standard InChI is InChI=1S/C22H23F2N5O5S/c23-22(24)33-16-2-1-15(10-17(16)34-22)29-20(31)11-18-21(28-13-35-18)27-12-14-3-4-25-19(9-14)26-5-7-32-8-6-30/h1-4,9-10,13,27,30H,5-8,11-12H2,(H,25,26)(H,29,31). The number of thiazole rings is 1. The highest BCUT2D eigenvalue weighted by molar-refractivity contribution is 7.10. The Morgan fingerprint density at radius 2 is 1.97 bits per heavy atom. The van der Waals surface area contributed by atoms with Crippen molar-refractivity contribution in [2.75, 3.05) is 42.3 Å². The van der Waals surface area contributed by atoms with E-state index in [4.69, 9.17) is 9.84 Å². The number of aliphatic hydroxyl groups excluding tert-OH is 1. The van der Waals surface area contributed by atoms with E-state index < -0.39 is 6.29 Å². The maximum absolute atomic E-state index is 13.2. The van der Waals surface area contributed by atoms with Gasteiger partial charge in [-0.15, -0.1) is 20.1 Å². The van der Waals surface area contributed by atoms with Crippen LogP contribution in [0.2, 0.25) is 0 Å². The summed E-state index contributed by atoms with van der Waals surface area (Å²) in [7, 11) is 0. The molecule has 1 amide bonds. The number of carbonyl (C=O) groups is 1. The predicted molar refractivity (Wildman–Crippen MR) is 125 cm³/mol. The molecule has 186 valence electrons. The molecule has 0 unspecified atom stereocenters. The van der Waals surface area contributed by atoms with E-state index in [0.29, 0.717) is 43.6 Å². The Kier molecular flexibility index (Phi) is 7.90. The molecule has 1 aromatic carbocycles. The molecule has 1 aliphatic heterocycles. The number of nitrogens with one attached hydrogen (secondary N) is 3. The minimum absolute atomic E-state index is 0.0143. The minimum Gasteiger partial charge on any atom is -0.395 e. The van der Waals surface area contributed by atoms with Crippen LogP contribution in [0, 0.1) is 0 Å². The van der Waals surface area contributed by atoms with Crippen LogP contribution in [0.15, 0.2) is 42.0 Å². The van der Waals surface area contributed by atoms with Crippen molar-refractivity contribution in [3.63, 3.8) is 0 Å². The average molecular weight is 508 g/mol. The number of aliphatic hydroxyl groups is 1. The fourth-order valence-electron chi connectivity index (χ4n) is 3.20. The van der Waals surface area contributed by atoms with Gasteiger partial charge in [-0.2, -0.15) is 0 Å². The zero-order valence-electron chi connectivity index (χ0n) is 18.4. The molecule has 0 saturated heterocycles. The van der Waals surface area contributed by atoms with E-state index in [1.54, 1.807) is 11.7 Å². The van der Waals surface area contributed by atoms with Crippen molar-refractivity contribution in [2.45, 2.75) is 19.3 Å².